The number of carbonyl (C=O) groups excluding carboxylic acids is 2. The molecule has 1 unspecified atom stereocenters. The van der Waals surface area contributed by atoms with Gasteiger partial charge < -0.3 is 5.11 Å². The van der Waals surface area contributed by atoms with Crippen LogP contribution in [0.1, 0.15) is 16.5 Å². The fraction of sp³-hybridized carbons (Fsp3) is 0.0455. The number of thiophene rings is 1. The van der Waals surface area contributed by atoms with Gasteiger partial charge in [-0.3, -0.25) is 14.5 Å². The number of nitrogens with zero attached hydrogens (tertiary/aromatic N) is 2. The number of thiazole rings is 1. The predicted octanol–water partition coefficient (Wildman–Crippen LogP) is 5.26. The summed E-state index contributed by atoms with van der Waals surface area (Å²) in [4.78, 5) is 32.0. The highest BCUT2D eigenvalue weighted by atomic mass is 32.1. The molecule has 0 spiro atoms. The summed E-state index contributed by atoms with van der Waals surface area (Å²) >= 11 is 2.20. The molecule has 31 heavy (non-hydrogen) atoms. The van der Waals surface area contributed by atoms with Gasteiger partial charge in [0.15, 0.2) is 10.9 Å². The lowest BCUT2D eigenvalue weighted by molar-refractivity contribution is -0.132. The number of aliphatic hydroxyl groups is 1. The lowest BCUT2D eigenvalue weighted by Gasteiger charge is -2.21. The van der Waals surface area contributed by atoms with Crippen LogP contribution in [0.15, 0.2) is 65.6 Å². The molecule has 2 aromatic carbocycles. The van der Waals surface area contributed by atoms with Crippen molar-refractivity contribution in [3.8, 4) is 0 Å². The van der Waals surface area contributed by atoms with Gasteiger partial charge in [-0.2, -0.15) is 0 Å². The molecular formula is C22H12F2N2O3S2. The molecule has 0 bridgehead atoms. The molecule has 1 aliphatic heterocycles. The van der Waals surface area contributed by atoms with Crippen molar-refractivity contribution < 1.29 is 23.5 Å². The summed E-state index contributed by atoms with van der Waals surface area (Å²) in [6.45, 7) is 0. The fourth-order valence-electron chi connectivity index (χ4n) is 3.55. The normalized spacial score (nSPS) is 18.3. The van der Waals surface area contributed by atoms with Crippen LogP contribution in [0.25, 0.3) is 16.0 Å². The Morgan fingerprint density at radius 1 is 1.06 bits per heavy atom. The van der Waals surface area contributed by atoms with E-state index in [1.807, 2.05) is 0 Å². The largest absolute Gasteiger partial charge is 0.507 e. The van der Waals surface area contributed by atoms with Gasteiger partial charge in [-0.05, 0) is 17.5 Å². The van der Waals surface area contributed by atoms with E-state index in [0.29, 0.717) is 16.5 Å². The van der Waals surface area contributed by atoms with Crippen molar-refractivity contribution in [3.63, 3.8) is 0 Å². The molecule has 0 radical (unpaired) electrons. The van der Waals surface area contributed by atoms with E-state index < -0.39 is 29.4 Å². The number of ketones is 1. The average molecular weight is 454 g/mol. The van der Waals surface area contributed by atoms with Gasteiger partial charge in [0, 0.05) is 16.5 Å². The number of amides is 1. The number of aromatic nitrogens is 1. The molecule has 1 saturated heterocycles. The van der Waals surface area contributed by atoms with Crippen molar-refractivity contribution >= 4 is 55.5 Å². The third-order valence-corrected chi connectivity index (χ3v) is 6.84. The number of hydrogen-bond acceptors (Lipinski definition) is 6. The van der Waals surface area contributed by atoms with Gasteiger partial charge in [0.2, 0.25) is 0 Å². The Bertz CT molecular complexity index is 1360. The van der Waals surface area contributed by atoms with Crippen LogP contribution < -0.4 is 4.90 Å². The number of hydrogen-bond donors (Lipinski definition) is 1. The molecule has 154 valence electrons. The van der Waals surface area contributed by atoms with Crippen LogP contribution in [0.3, 0.4) is 0 Å². The van der Waals surface area contributed by atoms with E-state index >= 15 is 0 Å². The van der Waals surface area contributed by atoms with Crippen molar-refractivity contribution in [1.82, 2.24) is 4.98 Å². The molecule has 4 aromatic rings. The van der Waals surface area contributed by atoms with Crippen LogP contribution in [-0.4, -0.2) is 21.8 Å². The van der Waals surface area contributed by atoms with Crippen LogP contribution in [-0.2, 0) is 9.59 Å². The lowest BCUT2D eigenvalue weighted by atomic mass is 10.00. The second-order valence-corrected chi connectivity index (χ2v) is 8.77. The van der Waals surface area contributed by atoms with Gasteiger partial charge in [0.05, 0.1) is 10.3 Å². The molecule has 0 aliphatic carbocycles. The highest BCUT2D eigenvalue weighted by molar-refractivity contribution is 7.22. The van der Waals surface area contributed by atoms with Gasteiger partial charge in [-0.25, -0.2) is 13.8 Å². The second-order valence-electron chi connectivity index (χ2n) is 6.78. The van der Waals surface area contributed by atoms with Crippen molar-refractivity contribution in [2.24, 2.45) is 0 Å². The van der Waals surface area contributed by atoms with Crippen LogP contribution >= 0.6 is 22.7 Å². The quantitative estimate of drug-likeness (QED) is 0.260. The minimum Gasteiger partial charge on any atom is -0.507 e. The SMILES string of the molecule is O=C1C(=O)N(c2nc3c(F)cc(F)cc3s2)C(c2cccs2)/C1=C(\O)c1ccccc1. The monoisotopic (exact) mass is 454 g/mol. The van der Waals surface area contributed by atoms with Crippen molar-refractivity contribution in [3.05, 3.63) is 87.6 Å². The molecule has 3 heterocycles. The van der Waals surface area contributed by atoms with Crippen molar-refractivity contribution in [1.29, 1.82) is 0 Å². The summed E-state index contributed by atoms with van der Waals surface area (Å²) < 4.78 is 28.1. The summed E-state index contributed by atoms with van der Waals surface area (Å²) in [7, 11) is 0. The Balaban J connectivity index is 1.73. The zero-order valence-electron chi connectivity index (χ0n) is 15.6. The fourth-order valence-corrected chi connectivity index (χ4v) is 5.40. The summed E-state index contributed by atoms with van der Waals surface area (Å²) in [5, 5.41) is 12.8. The van der Waals surface area contributed by atoms with E-state index in [2.05, 4.69) is 4.98 Å². The number of rotatable bonds is 3. The highest BCUT2D eigenvalue weighted by Crippen LogP contribution is 2.45. The summed E-state index contributed by atoms with van der Waals surface area (Å²) in [5.41, 5.74) is 0.223. The van der Waals surface area contributed by atoms with E-state index in [-0.39, 0.29) is 26.7 Å². The maximum Gasteiger partial charge on any atom is 0.301 e. The number of Topliss-reactive ketones (excluding diaryl/α,β-unsaturated/α-hetero) is 1. The summed E-state index contributed by atoms with van der Waals surface area (Å²) in [6.07, 6.45) is 0. The van der Waals surface area contributed by atoms with Gasteiger partial charge in [-0.15, -0.1) is 11.3 Å². The van der Waals surface area contributed by atoms with E-state index in [1.54, 1.807) is 47.8 Å². The summed E-state index contributed by atoms with van der Waals surface area (Å²) in [5.74, 6) is -3.69. The lowest BCUT2D eigenvalue weighted by Crippen LogP contribution is -2.28. The van der Waals surface area contributed by atoms with Crippen LogP contribution in [0.4, 0.5) is 13.9 Å². The smallest absolute Gasteiger partial charge is 0.301 e. The molecule has 2 aromatic heterocycles. The number of benzene rings is 2. The number of carbonyl (C=O) groups is 2. The molecule has 1 amide bonds. The van der Waals surface area contributed by atoms with Crippen LogP contribution in [0.2, 0.25) is 0 Å². The number of aliphatic hydroxyl groups excluding tert-OH is 1. The summed E-state index contributed by atoms with van der Waals surface area (Å²) in [6, 6.07) is 12.8. The molecular weight excluding hydrogens is 442 g/mol. The van der Waals surface area contributed by atoms with Crippen LogP contribution in [0.5, 0.6) is 0 Å². The van der Waals surface area contributed by atoms with Crippen LogP contribution in [0, 0.1) is 11.6 Å². The number of anilines is 1. The number of halogens is 2. The van der Waals surface area contributed by atoms with E-state index in [9.17, 15) is 23.5 Å². The molecule has 5 rings (SSSR count). The number of fused-ring (bicyclic) bond motifs is 1. The van der Waals surface area contributed by atoms with Gasteiger partial charge in [0.25, 0.3) is 5.78 Å². The minimum atomic E-state index is -0.936. The first-order valence-electron chi connectivity index (χ1n) is 9.11. The highest BCUT2D eigenvalue weighted by Gasteiger charge is 2.48. The minimum absolute atomic E-state index is 0.0483. The molecule has 9 heteroatoms. The molecule has 5 nitrogen and oxygen atoms in total. The van der Waals surface area contributed by atoms with Crippen molar-refractivity contribution in [2.45, 2.75) is 6.04 Å². The van der Waals surface area contributed by atoms with Gasteiger partial charge >= 0.3 is 5.91 Å². The maximum atomic E-state index is 14.2. The standard InChI is InChI=1S/C22H12F2N2O3S2/c23-12-9-13(24)17-15(10-12)31-22(25-17)26-18(14-7-4-8-30-14)16(20(28)21(26)29)19(27)11-5-2-1-3-6-11/h1-10,18,27H/b19-16+. The third-order valence-electron chi connectivity index (χ3n) is 4.91. The first-order chi connectivity index (χ1) is 15.0. The van der Waals surface area contributed by atoms with E-state index in [1.165, 1.54) is 11.3 Å². The predicted molar refractivity (Wildman–Crippen MR) is 115 cm³/mol. The average Bonchev–Trinajstić information content (AvgIpc) is 3.47. The Morgan fingerprint density at radius 2 is 1.84 bits per heavy atom. The molecule has 1 fully saturated rings. The molecule has 1 atom stereocenters. The topological polar surface area (TPSA) is 70.5 Å². The molecule has 0 saturated carbocycles. The van der Waals surface area contributed by atoms with Gasteiger partial charge in [0.1, 0.15) is 23.1 Å². The Kier molecular flexibility index (Phi) is 4.64. The zero-order chi connectivity index (χ0) is 21.7. The first kappa shape index (κ1) is 19.5. The maximum absolute atomic E-state index is 14.2. The third kappa shape index (κ3) is 3.13. The Hall–Kier alpha value is -3.43. The molecule has 1 aliphatic rings. The van der Waals surface area contributed by atoms with Crippen molar-refractivity contribution in [2.75, 3.05) is 4.90 Å². The Morgan fingerprint density at radius 3 is 2.55 bits per heavy atom. The van der Waals surface area contributed by atoms with E-state index in [4.69, 9.17) is 0 Å². The molecule has 1 N–H and O–H groups in total. The van der Waals surface area contributed by atoms with E-state index in [0.717, 1.165) is 22.3 Å². The second kappa shape index (κ2) is 7.36. The first-order valence-corrected chi connectivity index (χ1v) is 10.8. The van der Waals surface area contributed by atoms with Gasteiger partial charge in [-0.1, -0.05) is 47.7 Å². The Labute approximate surface area is 182 Å². The zero-order valence-corrected chi connectivity index (χ0v) is 17.2.